The van der Waals surface area contributed by atoms with Crippen LogP contribution in [0, 0.1) is 0 Å². The van der Waals surface area contributed by atoms with E-state index in [1.165, 1.54) is 32.9 Å². The molecule has 0 aliphatic carbocycles. The predicted octanol–water partition coefficient (Wildman–Crippen LogP) is 15.2. The van der Waals surface area contributed by atoms with Crippen LogP contribution in [0.4, 0.5) is 17.1 Å². The Balaban J connectivity index is 1.05. The Morgan fingerprint density at radius 3 is 1.67 bits per heavy atom. The number of anilines is 3. The van der Waals surface area contributed by atoms with Crippen molar-refractivity contribution >= 4 is 60.8 Å². The predicted molar refractivity (Wildman–Crippen MR) is 239 cm³/mol. The monoisotopic (exact) mass is 728 g/mol. The van der Waals surface area contributed by atoms with Crippen molar-refractivity contribution in [2.75, 3.05) is 4.90 Å². The molecule has 9 aromatic carbocycles. The van der Waals surface area contributed by atoms with Gasteiger partial charge in [-0.15, -0.1) is 0 Å². The van der Waals surface area contributed by atoms with Crippen LogP contribution in [0.1, 0.15) is 0 Å². The fourth-order valence-electron chi connectivity index (χ4n) is 8.49. The summed E-state index contributed by atoms with van der Waals surface area (Å²) in [5.41, 5.74) is 15.5. The number of nitrogens with zero attached hydrogens (tertiary/aromatic N) is 2. The van der Waals surface area contributed by atoms with Gasteiger partial charge in [-0.3, -0.25) is 0 Å². The number of furan rings is 1. The van der Waals surface area contributed by atoms with Gasteiger partial charge in [-0.1, -0.05) is 152 Å². The van der Waals surface area contributed by atoms with Crippen molar-refractivity contribution < 1.29 is 4.42 Å². The molecule has 0 N–H and O–H groups in total. The second-order valence-electron chi connectivity index (χ2n) is 14.5. The van der Waals surface area contributed by atoms with E-state index in [-0.39, 0.29) is 0 Å². The first kappa shape index (κ1) is 32.8. The Kier molecular flexibility index (Phi) is 7.82. The summed E-state index contributed by atoms with van der Waals surface area (Å²) < 4.78 is 8.65. The number of fused-ring (bicyclic) bond motifs is 6. The second kappa shape index (κ2) is 13.6. The normalized spacial score (nSPS) is 11.5. The highest BCUT2D eigenvalue weighted by Gasteiger charge is 2.20. The quantitative estimate of drug-likeness (QED) is 0.163. The highest BCUT2D eigenvalue weighted by atomic mass is 16.3. The van der Waals surface area contributed by atoms with Gasteiger partial charge >= 0.3 is 0 Å². The molecule has 0 aliphatic rings. The highest BCUT2D eigenvalue weighted by Crippen LogP contribution is 2.43. The molecule has 0 atom stereocenters. The SMILES string of the molecule is c1ccc(-c2ccc(-c3ccccc3N(c3ccc(-c4ccc5c(c4)oc4ccccc45)cc3)c3cccc(-n4c5ccccc5c5ccccc54)c3)cc2)cc1. The Morgan fingerprint density at radius 2 is 0.895 bits per heavy atom. The molecule has 11 aromatic rings. The molecule has 2 heterocycles. The number of rotatable bonds is 7. The lowest BCUT2D eigenvalue weighted by atomic mass is 9.98. The van der Waals surface area contributed by atoms with E-state index in [1.807, 2.05) is 12.1 Å². The van der Waals surface area contributed by atoms with Crippen LogP contribution < -0.4 is 4.90 Å². The van der Waals surface area contributed by atoms with Gasteiger partial charge in [0.2, 0.25) is 0 Å². The molecule has 0 unspecified atom stereocenters. The van der Waals surface area contributed by atoms with Gasteiger partial charge in [0.05, 0.1) is 16.7 Å². The summed E-state index contributed by atoms with van der Waals surface area (Å²) in [6.45, 7) is 0. The lowest BCUT2D eigenvalue weighted by Crippen LogP contribution is -2.11. The second-order valence-corrected chi connectivity index (χ2v) is 14.5. The molecule has 0 spiro atoms. The number of para-hydroxylation sites is 4. The molecular weight excluding hydrogens is 693 g/mol. The first-order chi connectivity index (χ1) is 28.3. The largest absolute Gasteiger partial charge is 0.456 e. The van der Waals surface area contributed by atoms with Gasteiger partial charge in [-0.2, -0.15) is 0 Å². The molecule has 3 heteroatoms. The summed E-state index contributed by atoms with van der Waals surface area (Å²) in [4.78, 5) is 2.39. The van der Waals surface area contributed by atoms with Crippen molar-refractivity contribution in [3.05, 3.63) is 218 Å². The van der Waals surface area contributed by atoms with Gasteiger partial charge < -0.3 is 13.9 Å². The minimum atomic E-state index is 0.897. The molecule has 2 aromatic heterocycles. The Hall–Kier alpha value is -7.62. The zero-order valence-electron chi connectivity index (χ0n) is 31.1. The van der Waals surface area contributed by atoms with Crippen molar-refractivity contribution in [2.24, 2.45) is 0 Å². The van der Waals surface area contributed by atoms with Gasteiger partial charge in [0, 0.05) is 44.2 Å². The standard InChI is InChI=1S/C54H36N2O/c1-2-13-37(14-3-1)38-25-27-40(28-26-38)45-17-4-8-21-50(45)55(42-32-29-39(30-33-42)41-31-34-49-48-20-7-11-24-53(48)57-54(49)35-41)43-15-12-16-44(36-43)56-51-22-9-5-18-46(51)47-19-6-10-23-52(47)56/h1-36H. The van der Waals surface area contributed by atoms with Crippen LogP contribution >= 0.6 is 0 Å². The van der Waals surface area contributed by atoms with Crippen LogP contribution in [0.3, 0.4) is 0 Å². The molecule has 0 radical (unpaired) electrons. The Morgan fingerprint density at radius 1 is 0.333 bits per heavy atom. The fraction of sp³-hybridized carbons (Fsp3) is 0. The lowest BCUT2D eigenvalue weighted by Gasteiger charge is -2.28. The molecular formula is C54H36N2O. The molecule has 0 amide bonds. The summed E-state index contributed by atoms with van der Waals surface area (Å²) in [5, 5.41) is 4.77. The molecule has 0 saturated heterocycles. The van der Waals surface area contributed by atoms with Crippen LogP contribution in [0.5, 0.6) is 0 Å². The number of hydrogen-bond acceptors (Lipinski definition) is 2. The lowest BCUT2D eigenvalue weighted by molar-refractivity contribution is 0.669. The zero-order chi connectivity index (χ0) is 37.7. The van der Waals surface area contributed by atoms with Gasteiger partial charge in [0.25, 0.3) is 0 Å². The van der Waals surface area contributed by atoms with E-state index >= 15 is 0 Å². The van der Waals surface area contributed by atoms with E-state index < -0.39 is 0 Å². The topological polar surface area (TPSA) is 21.3 Å². The van der Waals surface area contributed by atoms with Crippen molar-refractivity contribution in [1.29, 1.82) is 0 Å². The van der Waals surface area contributed by atoms with Crippen LogP contribution in [-0.4, -0.2) is 4.57 Å². The van der Waals surface area contributed by atoms with E-state index in [2.05, 4.69) is 216 Å². The maximum atomic E-state index is 6.26. The van der Waals surface area contributed by atoms with E-state index in [9.17, 15) is 0 Å². The first-order valence-electron chi connectivity index (χ1n) is 19.4. The summed E-state index contributed by atoms with van der Waals surface area (Å²) >= 11 is 0. The molecule has 11 rings (SSSR count). The van der Waals surface area contributed by atoms with Crippen LogP contribution in [-0.2, 0) is 0 Å². The summed E-state index contributed by atoms with van der Waals surface area (Å²) in [6, 6.07) is 78.2. The van der Waals surface area contributed by atoms with Crippen molar-refractivity contribution in [3.8, 4) is 39.1 Å². The van der Waals surface area contributed by atoms with Crippen molar-refractivity contribution in [1.82, 2.24) is 4.57 Å². The smallest absolute Gasteiger partial charge is 0.136 e. The summed E-state index contributed by atoms with van der Waals surface area (Å²) in [6.07, 6.45) is 0. The average Bonchev–Trinajstić information content (AvgIpc) is 3.83. The third-order valence-corrected chi connectivity index (χ3v) is 11.2. The molecule has 0 aliphatic heterocycles. The van der Waals surface area contributed by atoms with E-state index in [4.69, 9.17) is 4.42 Å². The van der Waals surface area contributed by atoms with Crippen LogP contribution in [0.2, 0.25) is 0 Å². The summed E-state index contributed by atoms with van der Waals surface area (Å²) in [5.74, 6) is 0. The maximum absolute atomic E-state index is 6.26. The van der Waals surface area contributed by atoms with Crippen LogP contribution in [0.25, 0.3) is 82.8 Å². The van der Waals surface area contributed by atoms with E-state index in [1.54, 1.807) is 0 Å². The van der Waals surface area contributed by atoms with Crippen molar-refractivity contribution in [2.45, 2.75) is 0 Å². The Labute approximate surface area is 330 Å². The van der Waals surface area contributed by atoms with E-state index in [0.717, 1.165) is 66.9 Å². The fourth-order valence-corrected chi connectivity index (χ4v) is 8.49. The maximum Gasteiger partial charge on any atom is 0.136 e. The number of benzene rings is 9. The third-order valence-electron chi connectivity index (χ3n) is 11.2. The van der Waals surface area contributed by atoms with Gasteiger partial charge in [-0.05, 0) is 94.5 Å². The minimum Gasteiger partial charge on any atom is -0.456 e. The molecule has 0 saturated carbocycles. The van der Waals surface area contributed by atoms with Crippen LogP contribution in [0.15, 0.2) is 223 Å². The molecule has 268 valence electrons. The Bertz CT molecular complexity index is 3170. The van der Waals surface area contributed by atoms with E-state index in [0.29, 0.717) is 0 Å². The molecule has 0 bridgehead atoms. The number of hydrogen-bond donors (Lipinski definition) is 0. The molecule has 0 fully saturated rings. The van der Waals surface area contributed by atoms with Gasteiger partial charge in [-0.25, -0.2) is 0 Å². The minimum absolute atomic E-state index is 0.897. The van der Waals surface area contributed by atoms with Gasteiger partial charge in [0.15, 0.2) is 0 Å². The molecule has 57 heavy (non-hydrogen) atoms. The third kappa shape index (κ3) is 5.68. The van der Waals surface area contributed by atoms with Gasteiger partial charge in [0.1, 0.15) is 11.2 Å². The zero-order valence-corrected chi connectivity index (χ0v) is 31.1. The average molecular weight is 729 g/mol. The molecule has 3 nitrogen and oxygen atoms in total. The number of aromatic nitrogens is 1. The van der Waals surface area contributed by atoms with Crippen molar-refractivity contribution in [3.63, 3.8) is 0 Å². The highest BCUT2D eigenvalue weighted by molar-refractivity contribution is 6.09. The first-order valence-corrected chi connectivity index (χ1v) is 19.4. The summed E-state index contributed by atoms with van der Waals surface area (Å²) in [7, 11) is 0.